The van der Waals surface area contributed by atoms with Crippen LogP contribution in [-0.4, -0.2) is 38.2 Å². The molecule has 0 aliphatic carbocycles. The lowest BCUT2D eigenvalue weighted by atomic mass is 10.2. The molecule has 28 heavy (non-hydrogen) atoms. The minimum atomic E-state index is -0.752. The number of nitrogens with one attached hydrogen (secondary N) is 3. The number of anilines is 1. The van der Waals surface area contributed by atoms with E-state index in [1.807, 2.05) is 0 Å². The van der Waals surface area contributed by atoms with Crippen LogP contribution in [-0.2, 0) is 9.53 Å². The normalized spacial score (nSPS) is 9.79. The average Bonchev–Trinajstić information content (AvgIpc) is 2.71. The van der Waals surface area contributed by atoms with E-state index in [0.717, 1.165) is 0 Å². The summed E-state index contributed by atoms with van der Waals surface area (Å²) in [6, 6.07) is 13.0. The predicted octanol–water partition coefficient (Wildman–Crippen LogP) is 2.10. The third-order valence-electron chi connectivity index (χ3n) is 3.39. The van der Waals surface area contributed by atoms with E-state index >= 15 is 0 Å². The number of benzene rings is 2. The molecule has 9 nitrogen and oxygen atoms in total. The lowest BCUT2D eigenvalue weighted by molar-refractivity contribution is -0.118. The predicted molar refractivity (Wildman–Crippen MR) is 101 cm³/mol. The molecule has 2 aromatic carbocycles. The van der Waals surface area contributed by atoms with Crippen molar-refractivity contribution in [3.8, 4) is 11.5 Å². The van der Waals surface area contributed by atoms with Crippen LogP contribution < -0.4 is 25.6 Å². The van der Waals surface area contributed by atoms with E-state index in [1.54, 1.807) is 38.3 Å². The van der Waals surface area contributed by atoms with E-state index in [4.69, 9.17) is 9.47 Å². The van der Waals surface area contributed by atoms with Crippen LogP contribution in [0.5, 0.6) is 11.5 Å². The maximum Gasteiger partial charge on any atom is 0.426 e. The van der Waals surface area contributed by atoms with Gasteiger partial charge in [-0.1, -0.05) is 6.07 Å². The molecule has 0 bridgehead atoms. The Bertz CT molecular complexity index is 823. The van der Waals surface area contributed by atoms with Crippen molar-refractivity contribution in [1.82, 2.24) is 10.9 Å². The number of carbonyl (C=O) groups excluding carboxylic acids is 3. The van der Waals surface area contributed by atoms with Gasteiger partial charge in [-0.05, 0) is 43.3 Å². The van der Waals surface area contributed by atoms with Crippen molar-refractivity contribution in [1.29, 1.82) is 0 Å². The number of ether oxygens (including phenoxy) is 3. The molecule has 2 rings (SSSR count). The van der Waals surface area contributed by atoms with Gasteiger partial charge < -0.3 is 19.5 Å². The van der Waals surface area contributed by atoms with E-state index in [1.165, 1.54) is 24.3 Å². The van der Waals surface area contributed by atoms with E-state index in [0.29, 0.717) is 22.7 Å². The minimum absolute atomic E-state index is 0.194. The van der Waals surface area contributed by atoms with Gasteiger partial charge >= 0.3 is 6.09 Å². The van der Waals surface area contributed by atoms with Crippen molar-refractivity contribution in [2.75, 3.05) is 25.6 Å². The van der Waals surface area contributed by atoms with Gasteiger partial charge in [0.15, 0.2) is 6.61 Å². The van der Waals surface area contributed by atoms with Crippen LogP contribution in [0.25, 0.3) is 0 Å². The largest absolute Gasteiger partial charge is 0.497 e. The highest BCUT2D eigenvalue weighted by Gasteiger charge is 2.09. The average molecular weight is 387 g/mol. The molecule has 0 spiro atoms. The molecule has 0 unspecified atom stereocenters. The number of carbonyl (C=O) groups is 3. The highest BCUT2D eigenvalue weighted by atomic mass is 16.6. The number of methoxy groups -OCH3 is 1. The Morgan fingerprint density at radius 3 is 2.39 bits per heavy atom. The lowest BCUT2D eigenvalue weighted by Crippen LogP contribution is -2.41. The minimum Gasteiger partial charge on any atom is -0.497 e. The SMILES string of the molecule is CCOC(=O)NNC(=O)c1ccc(OCC(=O)Nc2cccc(OC)c2)cc1. The fourth-order valence-electron chi connectivity index (χ4n) is 2.10. The monoisotopic (exact) mass is 387 g/mol. The summed E-state index contributed by atoms with van der Waals surface area (Å²) in [5, 5.41) is 2.69. The van der Waals surface area contributed by atoms with Crippen LogP contribution in [0.3, 0.4) is 0 Å². The first-order chi connectivity index (χ1) is 13.5. The summed E-state index contributed by atoms with van der Waals surface area (Å²) in [7, 11) is 1.54. The van der Waals surface area contributed by atoms with Gasteiger partial charge in [-0.25, -0.2) is 10.2 Å². The molecular formula is C19H21N3O6. The molecule has 0 atom stereocenters. The molecule has 0 aliphatic rings. The molecule has 0 heterocycles. The smallest absolute Gasteiger partial charge is 0.426 e. The van der Waals surface area contributed by atoms with Crippen molar-refractivity contribution in [3.05, 3.63) is 54.1 Å². The molecular weight excluding hydrogens is 366 g/mol. The summed E-state index contributed by atoms with van der Waals surface area (Å²) in [5.41, 5.74) is 5.21. The highest BCUT2D eigenvalue weighted by molar-refractivity contribution is 5.95. The fraction of sp³-hybridized carbons (Fsp3) is 0.211. The Morgan fingerprint density at radius 2 is 1.71 bits per heavy atom. The number of hydrogen-bond donors (Lipinski definition) is 3. The van der Waals surface area contributed by atoms with Gasteiger partial charge in [-0.3, -0.25) is 15.0 Å². The summed E-state index contributed by atoms with van der Waals surface area (Å²) >= 11 is 0. The second-order valence-electron chi connectivity index (χ2n) is 5.39. The summed E-state index contributed by atoms with van der Waals surface area (Å²) in [6.45, 7) is 1.64. The van der Waals surface area contributed by atoms with Crippen LogP contribution in [0.2, 0.25) is 0 Å². The van der Waals surface area contributed by atoms with E-state index in [-0.39, 0.29) is 19.1 Å². The Balaban J connectivity index is 1.80. The molecule has 0 aliphatic heterocycles. The molecule has 0 fully saturated rings. The van der Waals surface area contributed by atoms with Crippen molar-refractivity contribution in [2.24, 2.45) is 0 Å². The molecule has 9 heteroatoms. The lowest BCUT2D eigenvalue weighted by Gasteiger charge is -2.10. The Hall–Kier alpha value is -3.75. The first-order valence-electron chi connectivity index (χ1n) is 8.41. The van der Waals surface area contributed by atoms with Crippen molar-refractivity contribution in [3.63, 3.8) is 0 Å². The van der Waals surface area contributed by atoms with Crippen molar-refractivity contribution < 1.29 is 28.6 Å². The molecule has 2 aromatic rings. The zero-order valence-corrected chi connectivity index (χ0v) is 15.5. The van der Waals surface area contributed by atoms with Gasteiger partial charge in [0.1, 0.15) is 11.5 Å². The zero-order chi connectivity index (χ0) is 20.4. The molecule has 3 amide bonds. The first-order valence-corrected chi connectivity index (χ1v) is 8.41. The summed E-state index contributed by atoms with van der Waals surface area (Å²) in [6.07, 6.45) is -0.752. The maximum absolute atomic E-state index is 12.0. The van der Waals surface area contributed by atoms with E-state index in [9.17, 15) is 14.4 Å². The Morgan fingerprint density at radius 1 is 0.964 bits per heavy atom. The third kappa shape index (κ3) is 6.52. The van der Waals surface area contributed by atoms with Gasteiger partial charge in [0.25, 0.3) is 11.8 Å². The molecule has 148 valence electrons. The standard InChI is InChI=1S/C19H21N3O6/c1-3-27-19(25)22-21-18(24)13-7-9-15(10-8-13)28-12-17(23)20-14-5-4-6-16(11-14)26-2/h4-11H,3,12H2,1-2H3,(H,20,23)(H,21,24)(H,22,25). The molecule has 0 saturated carbocycles. The summed E-state index contributed by atoms with van der Waals surface area (Å²) in [4.78, 5) is 35.0. The number of hydrazine groups is 1. The fourth-order valence-corrected chi connectivity index (χ4v) is 2.10. The van der Waals surface area contributed by atoms with Crippen LogP contribution >= 0.6 is 0 Å². The first kappa shape index (κ1) is 20.6. The second kappa shape index (κ2) is 10.4. The highest BCUT2D eigenvalue weighted by Crippen LogP contribution is 2.17. The van der Waals surface area contributed by atoms with Gasteiger partial charge in [0.2, 0.25) is 0 Å². The summed E-state index contributed by atoms with van der Waals surface area (Å²) in [5.74, 6) is 0.185. The summed E-state index contributed by atoms with van der Waals surface area (Å²) < 4.78 is 15.1. The van der Waals surface area contributed by atoms with Gasteiger partial charge in [-0.2, -0.15) is 0 Å². The van der Waals surface area contributed by atoms with E-state index in [2.05, 4.69) is 20.9 Å². The van der Waals surface area contributed by atoms with Gasteiger partial charge in [0.05, 0.1) is 13.7 Å². The zero-order valence-electron chi connectivity index (χ0n) is 15.5. The topological polar surface area (TPSA) is 115 Å². The molecule has 0 saturated heterocycles. The van der Waals surface area contributed by atoms with Crippen LogP contribution in [0.15, 0.2) is 48.5 Å². The Labute approximate surface area is 161 Å². The molecule has 0 radical (unpaired) electrons. The quantitative estimate of drug-likeness (QED) is 0.627. The van der Waals surface area contributed by atoms with Crippen LogP contribution in [0, 0.1) is 0 Å². The number of rotatable bonds is 7. The third-order valence-corrected chi connectivity index (χ3v) is 3.39. The Kier molecular flexibility index (Phi) is 7.64. The van der Waals surface area contributed by atoms with Gasteiger partial charge in [0, 0.05) is 17.3 Å². The molecule has 3 N–H and O–H groups in total. The second-order valence-corrected chi connectivity index (χ2v) is 5.39. The van der Waals surface area contributed by atoms with Crippen molar-refractivity contribution in [2.45, 2.75) is 6.92 Å². The van der Waals surface area contributed by atoms with Crippen molar-refractivity contribution >= 4 is 23.6 Å². The number of amides is 3. The van der Waals surface area contributed by atoms with E-state index < -0.39 is 12.0 Å². The maximum atomic E-state index is 12.0. The molecule has 0 aromatic heterocycles. The van der Waals surface area contributed by atoms with Crippen LogP contribution in [0.1, 0.15) is 17.3 Å². The van der Waals surface area contributed by atoms with Crippen LogP contribution in [0.4, 0.5) is 10.5 Å². The van der Waals surface area contributed by atoms with Gasteiger partial charge in [-0.15, -0.1) is 0 Å². The number of hydrogen-bond acceptors (Lipinski definition) is 6.